The number of guanidine groups is 1. The first kappa shape index (κ1) is 13.8. The van der Waals surface area contributed by atoms with E-state index in [1.165, 1.54) is 12.1 Å². The van der Waals surface area contributed by atoms with Gasteiger partial charge in [-0.25, -0.2) is 4.39 Å². The molecule has 2 heterocycles. The second-order valence-electron chi connectivity index (χ2n) is 5.17. The lowest BCUT2D eigenvalue weighted by Crippen LogP contribution is -2.41. The van der Waals surface area contributed by atoms with Crippen molar-refractivity contribution in [3.8, 4) is 0 Å². The molecule has 2 N–H and O–H groups in total. The summed E-state index contributed by atoms with van der Waals surface area (Å²) >= 11 is 3.43. The first-order valence-electron chi connectivity index (χ1n) is 6.78. The van der Waals surface area contributed by atoms with Crippen LogP contribution in [-0.4, -0.2) is 36.7 Å². The average Bonchev–Trinajstić information content (AvgIpc) is 3.03. The summed E-state index contributed by atoms with van der Waals surface area (Å²) < 4.78 is 19.6. The van der Waals surface area contributed by atoms with Gasteiger partial charge in [0.25, 0.3) is 0 Å². The molecule has 0 aromatic heterocycles. The van der Waals surface area contributed by atoms with E-state index in [-0.39, 0.29) is 18.0 Å². The second kappa shape index (κ2) is 5.69. The molecule has 2 atom stereocenters. The number of hydrogen-bond donors (Lipinski definition) is 1. The molecule has 0 amide bonds. The van der Waals surface area contributed by atoms with Crippen molar-refractivity contribution in [3.05, 3.63) is 34.1 Å². The van der Waals surface area contributed by atoms with Crippen LogP contribution in [0.4, 0.5) is 4.39 Å². The molecule has 108 valence electrons. The number of halogens is 2. The maximum Gasteiger partial charge on any atom is 0.192 e. The third-order valence-electron chi connectivity index (χ3n) is 3.84. The lowest BCUT2D eigenvalue weighted by Gasteiger charge is -2.29. The Morgan fingerprint density at radius 2 is 2.35 bits per heavy atom. The maximum absolute atomic E-state index is 13.2. The minimum Gasteiger partial charge on any atom is -0.376 e. The fraction of sp³-hybridized carbons (Fsp3) is 0.500. The number of rotatable bonds is 3. The fourth-order valence-corrected chi connectivity index (χ4v) is 3.41. The molecular formula is C14H17BrFN3O. The third-order valence-corrected chi connectivity index (χ3v) is 4.53. The van der Waals surface area contributed by atoms with Gasteiger partial charge in [-0.2, -0.15) is 0 Å². The Balaban J connectivity index is 1.80. The highest BCUT2D eigenvalue weighted by atomic mass is 79.9. The van der Waals surface area contributed by atoms with Crippen molar-refractivity contribution in [2.45, 2.75) is 25.0 Å². The van der Waals surface area contributed by atoms with Gasteiger partial charge in [-0.1, -0.05) is 22.0 Å². The van der Waals surface area contributed by atoms with Gasteiger partial charge in [0.05, 0.1) is 18.7 Å². The minimum absolute atomic E-state index is 0.0502. The van der Waals surface area contributed by atoms with Crippen LogP contribution in [0.25, 0.3) is 0 Å². The summed E-state index contributed by atoms with van der Waals surface area (Å²) in [5, 5.41) is 0. The van der Waals surface area contributed by atoms with Gasteiger partial charge in [0.2, 0.25) is 0 Å². The molecule has 2 unspecified atom stereocenters. The third kappa shape index (κ3) is 2.67. The zero-order valence-electron chi connectivity index (χ0n) is 11.1. The van der Waals surface area contributed by atoms with E-state index in [0.29, 0.717) is 12.5 Å². The van der Waals surface area contributed by atoms with Crippen molar-refractivity contribution in [1.82, 2.24) is 4.90 Å². The van der Waals surface area contributed by atoms with Crippen LogP contribution < -0.4 is 5.73 Å². The number of ether oxygens (including phenoxy) is 1. The highest BCUT2D eigenvalue weighted by Crippen LogP contribution is 2.32. The highest BCUT2D eigenvalue weighted by molar-refractivity contribution is 9.10. The largest absolute Gasteiger partial charge is 0.376 e. The van der Waals surface area contributed by atoms with Crippen molar-refractivity contribution in [3.63, 3.8) is 0 Å². The number of hydrogen-bond acceptors (Lipinski definition) is 4. The molecular weight excluding hydrogens is 325 g/mol. The molecule has 1 aromatic carbocycles. The zero-order valence-corrected chi connectivity index (χ0v) is 12.6. The Morgan fingerprint density at radius 3 is 3.05 bits per heavy atom. The number of nitrogens with two attached hydrogens (primary N) is 1. The van der Waals surface area contributed by atoms with E-state index in [1.807, 2.05) is 0 Å². The summed E-state index contributed by atoms with van der Waals surface area (Å²) in [6, 6.07) is 4.79. The lowest BCUT2D eigenvalue weighted by atomic mass is 10.1. The van der Waals surface area contributed by atoms with E-state index >= 15 is 0 Å². The molecule has 0 spiro atoms. The molecule has 6 heteroatoms. The number of benzene rings is 1. The first-order valence-corrected chi connectivity index (χ1v) is 7.57. The average molecular weight is 342 g/mol. The van der Waals surface area contributed by atoms with Gasteiger partial charge in [0.1, 0.15) is 5.82 Å². The smallest absolute Gasteiger partial charge is 0.192 e. The van der Waals surface area contributed by atoms with Crippen molar-refractivity contribution in [1.29, 1.82) is 0 Å². The van der Waals surface area contributed by atoms with Gasteiger partial charge in [0, 0.05) is 17.6 Å². The van der Waals surface area contributed by atoms with Gasteiger partial charge in [-0.15, -0.1) is 0 Å². The summed E-state index contributed by atoms with van der Waals surface area (Å²) in [5.74, 6) is 0.292. The van der Waals surface area contributed by atoms with Crippen molar-refractivity contribution in [2.24, 2.45) is 10.7 Å². The van der Waals surface area contributed by atoms with Gasteiger partial charge in [0.15, 0.2) is 5.96 Å². The monoisotopic (exact) mass is 341 g/mol. The molecule has 0 aliphatic carbocycles. The van der Waals surface area contributed by atoms with E-state index in [0.717, 1.165) is 36.0 Å². The van der Waals surface area contributed by atoms with Crippen molar-refractivity contribution in [2.75, 3.05) is 19.7 Å². The SMILES string of the molecule is NC1=NCC(c2ccc(F)cc2Br)N1CC1CCCO1. The predicted molar refractivity (Wildman–Crippen MR) is 79.0 cm³/mol. The topological polar surface area (TPSA) is 50.8 Å². The fourth-order valence-electron chi connectivity index (χ4n) is 2.80. The van der Waals surface area contributed by atoms with Crippen molar-refractivity contribution < 1.29 is 9.13 Å². The van der Waals surface area contributed by atoms with Crippen LogP contribution in [0.1, 0.15) is 24.4 Å². The Bertz CT molecular complexity index is 531. The molecule has 0 saturated carbocycles. The van der Waals surface area contributed by atoms with Crippen LogP contribution in [0.3, 0.4) is 0 Å². The normalized spacial score (nSPS) is 26.1. The Morgan fingerprint density at radius 1 is 1.50 bits per heavy atom. The molecule has 0 radical (unpaired) electrons. The molecule has 4 nitrogen and oxygen atoms in total. The molecule has 3 rings (SSSR count). The van der Waals surface area contributed by atoms with E-state index in [4.69, 9.17) is 10.5 Å². The number of nitrogens with zero attached hydrogens (tertiary/aromatic N) is 2. The van der Waals surface area contributed by atoms with Gasteiger partial charge >= 0.3 is 0 Å². The van der Waals surface area contributed by atoms with Crippen LogP contribution in [0.2, 0.25) is 0 Å². The van der Waals surface area contributed by atoms with Crippen LogP contribution >= 0.6 is 15.9 Å². The van der Waals surface area contributed by atoms with Crippen LogP contribution in [-0.2, 0) is 4.74 Å². The Labute approximate surface area is 125 Å². The molecule has 2 aliphatic heterocycles. The zero-order chi connectivity index (χ0) is 14.1. The number of aliphatic imine (C=N–C) groups is 1. The van der Waals surface area contributed by atoms with E-state index in [2.05, 4.69) is 25.8 Å². The Hall–Kier alpha value is -1.14. The maximum atomic E-state index is 13.2. The standard InChI is InChI=1S/C14H17BrFN3O/c15-12-6-9(16)3-4-11(12)13-7-18-14(17)19(13)8-10-2-1-5-20-10/h3-4,6,10,13H,1-2,5,7-8H2,(H2,17,18). The Kier molecular flexibility index (Phi) is 3.94. The molecule has 1 saturated heterocycles. The van der Waals surface area contributed by atoms with Gasteiger partial charge in [-0.05, 0) is 30.5 Å². The van der Waals surface area contributed by atoms with Crippen LogP contribution in [0.15, 0.2) is 27.7 Å². The quantitative estimate of drug-likeness (QED) is 0.918. The molecule has 2 aliphatic rings. The second-order valence-corrected chi connectivity index (χ2v) is 6.02. The van der Waals surface area contributed by atoms with E-state index in [1.54, 1.807) is 6.07 Å². The molecule has 1 fully saturated rings. The lowest BCUT2D eigenvalue weighted by molar-refractivity contribution is 0.0852. The van der Waals surface area contributed by atoms with Gasteiger partial charge in [-0.3, -0.25) is 4.99 Å². The van der Waals surface area contributed by atoms with Crippen LogP contribution in [0, 0.1) is 5.82 Å². The molecule has 0 bridgehead atoms. The molecule has 1 aromatic rings. The van der Waals surface area contributed by atoms with E-state index < -0.39 is 0 Å². The summed E-state index contributed by atoms with van der Waals surface area (Å²) in [4.78, 5) is 6.39. The summed E-state index contributed by atoms with van der Waals surface area (Å²) in [6.07, 6.45) is 2.37. The molecule has 20 heavy (non-hydrogen) atoms. The van der Waals surface area contributed by atoms with E-state index in [9.17, 15) is 4.39 Å². The summed E-state index contributed by atoms with van der Waals surface area (Å²) in [5.41, 5.74) is 7.00. The summed E-state index contributed by atoms with van der Waals surface area (Å²) in [7, 11) is 0. The van der Waals surface area contributed by atoms with Crippen LogP contribution in [0.5, 0.6) is 0 Å². The minimum atomic E-state index is -0.252. The highest BCUT2D eigenvalue weighted by Gasteiger charge is 2.31. The van der Waals surface area contributed by atoms with Crippen molar-refractivity contribution >= 4 is 21.9 Å². The summed E-state index contributed by atoms with van der Waals surface area (Å²) in [6.45, 7) is 2.16. The predicted octanol–water partition coefficient (Wildman–Crippen LogP) is 2.44. The van der Waals surface area contributed by atoms with Gasteiger partial charge < -0.3 is 15.4 Å². The first-order chi connectivity index (χ1) is 9.65.